The predicted octanol–water partition coefficient (Wildman–Crippen LogP) is 2.92. The lowest BCUT2D eigenvalue weighted by Crippen LogP contribution is -2.44. The lowest BCUT2D eigenvalue weighted by molar-refractivity contribution is -0.145. The van der Waals surface area contributed by atoms with Crippen LogP contribution in [0.5, 0.6) is 0 Å². The van der Waals surface area contributed by atoms with Crippen molar-refractivity contribution in [2.75, 3.05) is 26.3 Å². The second kappa shape index (κ2) is 7.63. The summed E-state index contributed by atoms with van der Waals surface area (Å²) < 4.78 is 11.0. The minimum Gasteiger partial charge on any atom is -0.444 e. The number of hydrogen-bond acceptors (Lipinski definition) is 4. The summed E-state index contributed by atoms with van der Waals surface area (Å²) in [7, 11) is 0. The van der Waals surface area contributed by atoms with Crippen LogP contribution in [-0.2, 0) is 14.3 Å². The minimum atomic E-state index is -0.981. The number of aromatic amines is 1. The number of benzene rings is 2. The summed E-state index contributed by atoms with van der Waals surface area (Å²) >= 11 is 0. The molecule has 0 bridgehead atoms. The summed E-state index contributed by atoms with van der Waals surface area (Å²) in [5.74, 6) is -0.749. The Labute approximate surface area is 156 Å². The van der Waals surface area contributed by atoms with Gasteiger partial charge in [0.15, 0.2) is 0 Å². The van der Waals surface area contributed by atoms with Gasteiger partial charge in [0.1, 0.15) is 0 Å². The normalized spacial score (nSPS) is 15.5. The molecule has 3 aromatic rings. The fourth-order valence-electron chi connectivity index (χ4n) is 3.25. The summed E-state index contributed by atoms with van der Waals surface area (Å²) in [5.41, 5.74) is 1.92. The van der Waals surface area contributed by atoms with E-state index in [9.17, 15) is 9.59 Å². The maximum atomic E-state index is 13.1. The van der Waals surface area contributed by atoms with Gasteiger partial charge in [-0.2, -0.15) is 0 Å². The number of fused-ring (bicyclic) bond motifs is 1. The molecule has 1 aromatic heterocycles. The molecule has 0 spiro atoms. The highest BCUT2D eigenvalue weighted by molar-refractivity contribution is 6.04. The molecule has 1 saturated heterocycles. The largest absolute Gasteiger partial charge is 0.444 e. The maximum Gasteiger partial charge on any atom is 0.341 e. The molecule has 27 heavy (non-hydrogen) atoms. The van der Waals surface area contributed by atoms with Gasteiger partial charge in [-0.05, 0) is 6.07 Å². The molecule has 6 heteroatoms. The predicted molar refractivity (Wildman–Crippen MR) is 100 cm³/mol. The van der Waals surface area contributed by atoms with E-state index in [1.165, 1.54) is 0 Å². The van der Waals surface area contributed by atoms with E-state index in [-0.39, 0.29) is 5.91 Å². The number of nitrogens with one attached hydrogen (secondary N) is 1. The van der Waals surface area contributed by atoms with Crippen molar-refractivity contribution in [2.24, 2.45) is 0 Å². The molecule has 6 nitrogen and oxygen atoms in total. The van der Waals surface area contributed by atoms with E-state index in [4.69, 9.17) is 9.47 Å². The molecule has 1 aliphatic rings. The van der Waals surface area contributed by atoms with Crippen LogP contribution in [-0.4, -0.2) is 48.1 Å². The van der Waals surface area contributed by atoms with E-state index in [1.54, 1.807) is 23.2 Å². The Hall–Kier alpha value is -3.12. The molecule has 1 atom stereocenters. The quantitative estimate of drug-likeness (QED) is 0.723. The van der Waals surface area contributed by atoms with Gasteiger partial charge in [0.25, 0.3) is 5.91 Å². The van der Waals surface area contributed by atoms with Crippen LogP contribution in [0.3, 0.4) is 0 Å². The SMILES string of the molecule is O=C(O[C@@H](C(=O)N1CCOCC1)c1ccccc1)c1c[nH]c2ccccc12. The Bertz CT molecular complexity index is 945. The highest BCUT2D eigenvalue weighted by Gasteiger charge is 2.31. The summed E-state index contributed by atoms with van der Waals surface area (Å²) in [4.78, 5) is 30.7. The van der Waals surface area contributed by atoms with Gasteiger partial charge in [-0.3, -0.25) is 4.79 Å². The molecular weight excluding hydrogens is 344 g/mol. The van der Waals surface area contributed by atoms with Crippen LogP contribution >= 0.6 is 0 Å². The van der Waals surface area contributed by atoms with E-state index in [0.717, 1.165) is 10.9 Å². The van der Waals surface area contributed by atoms with Crippen molar-refractivity contribution in [2.45, 2.75) is 6.10 Å². The number of carbonyl (C=O) groups excluding carboxylic acids is 2. The second-order valence-electron chi connectivity index (χ2n) is 6.38. The minimum absolute atomic E-state index is 0.224. The fourth-order valence-corrected chi connectivity index (χ4v) is 3.25. The number of esters is 1. The number of hydrogen-bond donors (Lipinski definition) is 1. The Balaban J connectivity index is 1.62. The Kier molecular flexibility index (Phi) is 4.89. The monoisotopic (exact) mass is 364 g/mol. The van der Waals surface area contributed by atoms with Gasteiger partial charge < -0.3 is 19.4 Å². The number of morpholine rings is 1. The van der Waals surface area contributed by atoms with Gasteiger partial charge >= 0.3 is 5.97 Å². The van der Waals surface area contributed by atoms with Crippen LogP contribution in [0.2, 0.25) is 0 Å². The number of H-pyrrole nitrogens is 1. The molecular formula is C21H20N2O4. The molecule has 1 aliphatic heterocycles. The third-order valence-corrected chi connectivity index (χ3v) is 4.68. The summed E-state index contributed by atoms with van der Waals surface area (Å²) in [6.45, 7) is 1.97. The van der Waals surface area contributed by atoms with Crippen LogP contribution in [0.4, 0.5) is 0 Å². The third-order valence-electron chi connectivity index (χ3n) is 4.68. The van der Waals surface area contributed by atoms with E-state index in [2.05, 4.69) is 4.98 Å². The van der Waals surface area contributed by atoms with E-state index < -0.39 is 12.1 Å². The third kappa shape index (κ3) is 3.57. The van der Waals surface area contributed by atoms with E-state index >= 15 is 0 Å². The first-order chi connectivity index (χ1) is 13.2. The molecule has 1 N–H and O–H groups in total. The van der Waals surface area contributed by atoms with Crippen molar-refractivity contribution in [1.29, 1.82) is 0 Å². The van der Waals surface area contributed by atoms with Crippen molar-refractivity contribution in [3.8, 4) is 0 Å². The van der Waals surface area contributed by atoms with E-state index in [1.807, 2.05) is 42.5 Å². The number of amides is 1. The van der Waals surface area contributed by atoms with Crippen molar-refractivity contribution in [3.63, 3.8) is 0 Å². The number of carbonyl (C=O) groups is 2. The molecule has 1 fully saturated rings. The average Bonchev–Trinajstić information content (AvgIpc) is 3.17. The van der Waals surface area contributed by atoms with Gasteiger partial charge in [0.05, 0.1) is 18.8 Å². The molecule has 4 rings (SSSR count). The van der Waals surface area contributed by atoms with Crippen molar-refractivity contribution < 1.29 is 19.1 Å². The fraction of sp³-hybridized carbons (Fsp3) is 0.238. The number of para-hydroxylation sites is 1. The molecule has 0 aliphatic carbocycles. The van der Waals surface area contributed by atoms with Gasteiger partial charge in [-0.25, -0.2) is 4.79 Å². The molecule has 138 valence electrons. The van der Waals surface area contributed by atoms with Crippen LogP contribution < -0.4 is 0 Å². The first-order valence-electron chi connectivity index (χ1n) is 8.92. The molecule has 1 amide bonds. The number of rotatable bonds is 4. The topological polar surface area (TPSA) is 71.6 Å². The molecule has 2 heterocycles. The van der Waals surface area contributed by atoms with Gasteiger partial charge in [-0.1, -0.05) is 48.5 Å². The highest BCUT2D eigenvalue weighted by Crippen LogP contribution is 2.25. The molecule has 0 saturated carbocycles. The molecule has 0 unspecified atom stereocenters. The zero-order chi connectivity index (χ0) is 18.6. The van der Waals surface area contributed by atoms with Crippen molar-refractivity contribution >= 4 is 22.8 Å². The maximum absolute atomic E-state index is 13.1. The van der Waals surface area contributed by atoms with Gasteiger partial charge in [-0.15, -0.1) is 0 Å². The lowest BCUT2D eigenvalue weighted by Gasteiger charge is -2.30. The standard InChI is InChI=1S/C21H20N2O4/c24-20(23-10-12-26-13-11-23)19(15-6-2-1-3-7-15)27-21(25)17-14-22-18-9-5-4-8-16(17)18/h1-9,14,19,22H,10-13H2/t19-/m1/s1. The Morgan fingerprint density at radius 2 is 1.70 bits per heavy atom. The number of nitrogens with zero attached hydrogens (tertiary/aromatic N) is 1. The zero-order valence-corrected chi connectivity index (χ0v) is 14.8. The molecule has 2 aromatic carbocycles. The van der Waals surface area contributed by atoms with Crippen LogP contribution in [0.1, 0.15) is 22.0 Å². The van der Waals surface area contributed by atoms with Gasteiger partial charge in [0, 0.05) is 35.8 Å². The molecule has 0 radical (unpaired) electrons. The Morgan fingerprint density at radius 3 is 2.48 bits per heavy atom. The van der Waals surface area contributed by atoms with Crippen LogP contribution in [0.25, 0.3) is 10.9 Å². The average molecular weight is 364 g/mol. The van der Waals surface area contributed by atoms with Gasteiger partial charge in [0.2, 0.25) is 6.10 Å². The number of ether oxygens (including phenoxy) is 2. The van der Waals surface area contributed by atoms with E-state index in [0.29, 0.717) is 37.4 Å². The van der Waals surface area contributed by atoms with Crippen molar-refractivity contribution in [3.05, 3.63) is 71.9 Å². The van der Waals surface area contributed by atoms with Crippen molar-refractivity contribution in [1.82, 2.24) is 9.88 Å². The summed E-state index contributed by atoms with van der Waals surface area (Å²) in [6.07, 6.45) is 0.638. The number of aromatic nitrogens is 1. The first kappa shape index (κ1) is 17.3. The summed E-state index contributed by atoms with van der Waals surface area (Å²) in [5, 5.41) is 0.771. The lowest BCUT2D eigenvalue weighted by atomic mass is 10.1. The van der Waals surface area contributed by atoms with Crippen LogP contribution in [0.15, 0.2) is 60.8 Å². The smallest absolute Gasteiger partial charge is 0.341 e. The first-order valence-corrected chi connectivity index (χ1v) is 8.92. The zero-order valence-electron chi connectivity index (χ0n) is 14.8. The highest BCUT2D eigenvalue weighted by atomic mass is 16.5. The Morgan fingerprint density at radius 1 is 1.00 bits per heavy atom. The summed E-state index contributed by atoms with van der Waals surface area (Å²) in [6, 6.07) is 16.6. The second-order valence-corrected chi connectivity index (χ2v) is 6.38. The van der Waals surface area contributed by atoms with Crippen LogP contribution in [0, 0.1) is 0 Å².